The molecule has 1 aliphatic carbocycles. The van der Waals surface area contributed by atoms with Crippen molar-refractivity contribution in [1.82, 2.24) is 0 Å². The molecule has 244 valence electrons. The van der Waals surface area contributed by atoms with Crippen molar-refractivity contribution in [1.29, 1.82) is 0 Å². The Bertz CT molecular complexity index is 3010. The van der Waals surface area contributed by atoms with Crippen LogP contribution in [0.4, 0.5) is 0 Å². The molecule has 1 aliphatic rings. The summed E-state index contributed by atoms with van der Waals surface area (Å²) in [5.41, 5.74) is 13.0. The second-order valence-electron chi connectivity index (χ2n) is 14.9. The fourth-order valence-electron chi connectivity index (χ4n) is 9.08. The van der Waals surface area contributed by atoms with Crippen LogP contribution in [0, 0.1) is 0 Å². The standard InChI is InChI=1S/C51H34S/c1-51(2)45-25-24-34(26-42(45)43-27-36-30-48-44(28-35(36)29-46(43)51)37-14-10-11-19-47(37)52-48)31-20-22-33(23-21-31)50-40-17-8-6-15-38(40)49(32-12-4-3-5-13-32)39-16-7-9-18-41(39)50/h3-30H,1-2H3. The Morgan fingerprint density at radius 2 is 0.865 bits per heavy atom. The van der Waals surface area contributed by atoms with Gasteiger partial charge < -0.3 is 0 Å². The van der Waals surface area contributed by atoms with E-state index in [1.807, 2.05) is 11.3 Å². The molecule has 0 spiro atoms. The van der Waals surface area contributed by atoms with E-state index in [0.29, 0.717) is 0 Å². The van der Waals surface area contributed by atoms with Gasteiger partial charge in [-0.1, -0.05) is 147 Å². The fourth-order valence-corrected chi connectivity index (χ4v) is 10.2. The van der Waals surface area contributed by atoms with E-state index >= 15 is 0 Å². The van der Waals surface area contributed by atoms with Gasteiger partial charge in [0.1, 0.15) is 0 Å². The summed E-state index contributed by atoms with van der Waals surface area (Å²) >= 11 is 1.89. The molecule has 0 N–H and O–H groups in total. The van der Waals surface area contributed by atoms with E-state index < -0.39 is 0 Å². The molecule has 10 aromatic rings. The molecule has 0 unspecified atom stereocenters. The minimum absolute atomic E-state index is 0.0685. The lowest BCUT2D eigenvalue weighted by atomic mass is 9.81. The minimum atomic E-state index is -0.0685. The van der Waals surface area contributed by atoms with Crippen LogP contribution in [0.2, 0.25) is 0 Å². The molecule has 1 heteroatoms. The predicted molar refractivity (Wildman–Crippen MR) is 226 cm³/mol. The Balaban J connectivity index is 1.03. The summed E-state index contributed by atoms with van der Waals surface area (Å²) in [6.45, 7) is 4.77. The van der Waals surface area contributed by atoms with E-state index in [0.717, 1.165) is 0 Å². The summed E-state index contributed by atoms with van der Waals surface area (Å²) in [7, 11) is 0. The SMILES string of the molecule is CC1(C)c2ccc(-c3ccc(-c4c5ccccc5c(-c5ccccc5)c5ccccc45)cc3)cc2-c2cc3cc4sc5ccccc5c4cc3cc21. The van der Waals surface area contributed by atoms with Crippen LogP contribution in [-0.4, -0.2) is 0 Å². The van der Waals surface area contributed by atoms with Gasteiger partial charge in [-0.3, -0.25) is 0 Å². The van der Waals surface area contributed by atoms with Gasteiger partial charge in [0, 0.05) is 25.6 Å². The highest BCUT2D eigenvalue weighted by atomic mass is 32.1. The van der Waals surface area contributed by atoms with Gasteiger partial charge in [0.2, 0.25) is 0 Å². The largest absolute Gasteiger partial charge is 0.135 e. The average molecular weight is 679 g/mol. The van der Waals surface area contributed by atoms with Crippen LogP contribution in [0.15, 0.2) is 170 Å². The summed E-state index contributed by atoms with van der Waals surface area (Å²) < 4.78 is 2.71. The molecule has 0 bridgehead atoms. The van der Waals surface area contributed by atoms with Gasteiger partial charge in [-0.05, 0) is 124 Å². The van der Waals surface area contributed by atoms with Crippen LogP contribution in [0.3, 0.4) is 0 Å². The van der Waals surface area contributed by atoms with Crippen molar-refractivity contribution in [2.75, 3.05) is 0 Å². The first-order valence-electron chi connectivity index (χ1n) is 18.2. The molecule has 9 aromatic carbocycles. The number of rotatable bonds is 3. The van der Waals surface area contributed by atoms with Crippen LogP contribution in [0.25, 0.3) is 97.0 Å². The minimum Gasteiger partial charge on any atom is -0.135 e. The van der Waals surface area contributed by atoms with Gasteiger partial charge in [-0.25, -0.2) is 0 Å². The van der Waals surface area contributed by atoms with Gasteiger partial charge in [0.25, 0.3) is 0 Å². The highest BCUT2D eigenvalue weighted by Crippen LogP contribution is 2.52. The highest BCUT2D eigenvalue weighted by molar-refractivity contribution is 7.25. The van der Waals surface area contributed by atoms with Crippen LogP contribution >= 0.6 is 11.3 Å². The summed E-state index contributed by atoms with van der Waals surface area (Å²) in [6.07, 6.45) is 0. The molecular weight excluding hydrogens is 645 g/mol. The zero-order valence-electron chi connectivity index (χ0n) is 29.1. The third kappa shape index (κ3) is 4.27. The van der Waals surface area contributed by atoms with Gasteiger partial charge in [0.05, 0.1) is 0 Å². The highest BCUT2D eigenvalue weighted by Gasteiger charge is 2.36. The first kappa shape index (κ1) is 29.7. The lowest BCUT2D eigenvalue weighted by Crippen LogP contribution is -2.14. The van der Waals surface area contributed by atoms with Crippen molar-refractivity contribution >= 4 is 63.8 Å². The van der Waals surface area contributed by atoms with Crippen LogP contribution in [0.5, 0.6) is 0 Å². The van der Waals surface area contributed by atoms with Crippen LogP contribution in [-0.2, 0) is 5.41 Å². The third-order valence-corrected chi connectivity index (χ3v) is 12.8. The van der Waals surface area contributed by atoms with Crippen molar-refractivity contribution in [2.45, 2.75) is 19.3 Å². The molecule has 0 saturated carbocycles. The second kappa shape index (κ2) is 11.0. The van der Waals surface area contributed by atoms with Gasteiger partial charge >= 0.3 is 0 Å². The van der Waals surface area contributed by atoms with E-state index in [-0.39, 0.29) is 5.41 Å². The van der Waals surface area contributed by atoms with E-state index in [4.69, 9.17) is 0 Å². The van der Waals surface area contributed by atoms with Crippen molar-refractivity contribution in [2.24, 2.45) is 0 Å². The third-order valence-electron chi connectivity index (χ3n) is 11.6. The Kier molecular flexibility index (Phi) is 6.27. The Hall–Kier alpha value is -6.02. The molecule has 0 fully saturated rings. The lowest BCUT2D eigenvalue weighted by Gasteiger charge is -2.22. The normalized spacial score (nSPS) is 13.3. The molecule has 0 atom stereocenters. The molecule has 0 nitrogen and oxygen atoms in total. The van der Waals surface area contributed by atoms with Crippen molar-refractivity contribution in [3.63, 3.8) is 0 Å². The van der Waals surface area contributed by atoms with Crippen molar-refractivity contribution < 1.29 is 0 Å². The molecule has 0 amide bonds. The molecule has 11 rings (SSSR count). The van der Waals surface area contributed by atoms with Crippen LogP contribution < -0.4 is 0 Å². The Morgan fingerprint density at radius 1 is 0.346 bits per heavy atom. The quantitative estimate of drug-likeness (QED) is 0.163. The van der Waals surface area contributed by atoms with Crippen molar-refractivity contribution in [3.05, 3.63) is 181 Å². The number of benzene rings is 9. The Labute approximate surface area is 307 Å². The van der Waals surface area contributed by atoms with E-state index in [9.17, 15) is 0 Å². The van der Waals surface area contributed by atoms with Gasteiger partial charge in [-0.2, -0.15) is 0 Å². The maximum atomic E-state index is 2.46. The number of thiophene rings is 1. The van der Waals surface area contributed by atoms with Gasteiger partial charge in [-0.15, -0.1) is 11.3 Å². The van der Waals surface area contributed by atoms with Crippen molar-refractivity contribution in [3.8, 4) is 44.5 Å². The van der Waals surface area contributed by atoms with E-state index in [2.05, 4.69) is 184 Å². The smallest absolute Gasteiger partial charge is 0.0361 e. The zero-order valence-corrected chi connectivity index (χ0v) is 29.9. The number of hydrogen-bond acceptors (Lipinski definition) is 1. The second-order valence-corrected chi connectivity index (χ2v) is 15.9. The molecule has 52 heavy (non-hydrogen) atoms. The number of hydrogen-bond donors (Lipinski definition) is 0. The molecule has 1 heterocycles. The number of fused-ring (bicyclic) bond motifs is 9. The summed E-state index contributed by atoms with van der Waals surface area (Å²) in [5, 5.41) is 10.5. The first-order valence-corrected chi connectivity index (χ1v) is 19.0. The molecular formula is C51H34S. The predicted octanol–water partition coefficient (Wildman–Crippen LogP) is 14.8. The molecule has 0 radical (unpaired) electrons. The lowest BCUT2D eigenvalue weighted by molar-refractivity contribution is 0.661. The topological polar surface area (TPSA) is 0 Å². The fraction of sp³-hybridized carbons (Fsp3) is 0.0588. The first-order chi connectivity index (χ1) is 25.5. The summed E-state index contributed by atoms with van der Waals surface area (Å²) in [4.78, 5) is 0. The average Bonchev–Trinajstić information content (AvgIpc) is 3.65. The maximum Gasteiger partial charge on any atom is 0.0361 e. The van der Waals surface area contributed by atoms with Gasteiger partial charge in [0.15, 0.2) is 0 Å². The summed E-state index contributed by atoms with van der Waals surface area (Å²) in [5.74, 6) is 0. The molecule has 0 saturated heterocycles. The molecule has 1 aromatic heterocycles. The monoisotopic (exact) mass is 678 g/mol. The van der Waals surface area contributed by atoms with E-state index in [1.54, 1.807) is 0 Å². The Morgan fingerprint density at radius 3 is 1.54 bits per heavy atom. The maximum absolute atomic E-state index is 2.46. The zero-order chi connectivity index (χ0) is 34.6. The summed E-state index contributed by atoms with van der Waals surface area (Å²) in [6, 6.07) is 63.5. The van der Waals surface area contributed by atoms with Crippen LogP contribution in [0.1, 0.15) is 25.0 Å². The molecule has 0 aliphatic heterocycles. The van der Waals surface area contributed by atoms with E-state index in [1.165, 1.54) is 108 Å².